The van der Waals surface area contributed by atoms with Crippen LogP contribution in [-0.4, -0.2) is 28.4 Å². The number of aromatic amines is 1. The molecule has 4 heteroatoms. The Bertz CT molecular complexity index is 579. The molecular formula is C16H22N2OS. The van der Waals surface area contributed by atoms with E-state index < -0.39 is 0 Å². The first-order valence-corrected chi connectivity index (χ1v) is 8.27. The van der Waals surface area contributed by atoms with Gasteiger partial charge in [-0.3, -0.25) is 4.79 Å². The Labute approximate surface area is 124 Å². The lowest BCUT2D eigenvalue weighted by atomic mass is 10.0. The zero-order valence-electron chi connectivity index (χ0n) is 12.3. The van der Waals surface area contributed by atoms with E-state index >= 15 is 0 Å². The maximum Gasteiger partial charge on any atom is 0.252 e. The van der Waals surface area contributed by atoms with Crippen molar-refractivity contribution < 1.29 is 4.79 Å². The first kappa shape index (κ1) is 15.0. The third-order valence-corrected chi connectivity index (χ3v) is 5.72. The van der Waals surface area contributed by atoms with Gasteiger partial charge in [0.2, 0.25) is 0 Å². The number of carbonyl (C=O) groups excluding carboxylic acids is 1. The summed E-state index contributed by atoms with van der Waals surface area (Å²) in [5.74, 6) is 0.00975. The van der Waals surface area contributed by atoms with Crippen LogP contribution in [0.5, 0.6) is 0 Å². The van der Waals surface area contributed by atoms with Gasteiger partial charge >= 0.3 is 0 Å². The molecule has 0 saturated heterocycles. The van der Waals surface area contributed by atoms with Crippen LogP contribution in [0.4, 0.5) is 0 Å². The fourth-order valence-electron chi connectivity index (χ4n) is 2.48. The van der Waals surface area contributed by atoms with Gasteiger partial charge in [-0.05, 0) is 37.3 Å². The third kappa shape index (κ3) is 2.85. The van der Waals surface area contributed by atoms with E-state index in [2.05, 4.69) is 30.4 Å². The van der Waals surface area contributed by atoms with Crippen LogP contribution in [0.3, 0.4) is 0 Å². The van der Waals surface area contributed by atoms with E-state index in [1.807, 2.05) is 42.2 Å². The van der Waals surface area contributed by atoms with Crippen LogP contribution in [0.1, 0.15) is 37.0 Å². The van der Waals surface area contributed by atoms with Gasteiger partial charge in [0.25, 0.3) is 5.91 Å². The number of aromatic nitrogens is 1. The van der Waals surface area contributed by atoms with E-state index in [0.717, 1.165) is 29.3 Å². The van der Waals surface area contributed by atoms with Gasteiger partial charge in [0, 0.05) is 34.0 Å². The molecule has 0 fully saturated rings. The number of carbonyl (C=O) groups is 1. The molecule has 20 heavy (non-hydrogen) atoms. The molecule has 0 aliphatic heterocycles. The van der Waals surface area contributed by atoms with E-state index in [4.69, 9.17) is 0 Å². The lowest BCUT2D eigenvalue weighted by Crippen LogP contribution is -2.39. The van der Waals surface area contributed by atoms with Crippen molar-refractivity contribution in [2.45, 2.75) is 31.4 Å². The average Bonchev–Trinajstić information content (AvgIpc) is 2.97. The zero-order chi connectivity index (χ0) is 14.6. The summed E-state index contributed by atoms with van der Waals surface area (Å²) < 4.78 is 0.141. The van der Waals surface area contributed by atoms with E-state index in [1.54, 1.807) is 0 Å². The molecule has 2 aromatic rings. The third-order valence-electron chi connectivity index (χ3n) is 4.13. The Balaban J connectivity index is 2.14. The van der Waals surface area contributed by atoms with Crippen LogP contribution in [0.2, 0.25) is 0 Å². The summed E-state index contributed by atoms with van der Waals surface area (Å²) in [6.07, 6.45) is 6.09. The molecule has 0 spiro atoms. The Morgan fingerprint density at radius 3 is 2.70 bits per heavy atom. The van der Waals surface area contributed by atoms with E-state index in [9.17, 15) is 4.79 Å². The average molecular weight is 290 g/mol. The predicted octanol–water partition coefficient (Wildman–Crippen LogP) is 3.82. The molecule has 0 aliphatic carbocycles. The van der Waals surface area contributed by atoms with Crippen LogP contribution in [0.25, 0.3) is 10.9 Å². The van der Waals surface area contributed by atoms with Gasteiger partial charge in [-0.15, -0.1) is 0 Å². The SMILES string of the molecule is CCC(CC)(CNC(=O)c1cccc2[nH]ccc12)SC. The van der Waals surface area contributed by atoms with Gasteiger partial charge in [0.15, 0.2) is 0 Å². The van der Waals surface area contributed by atoms with Gasteiger partial charge in [-0.25, -0.2) is 0 Å². The van der Waals surface area contributed by atoms with Crippen molar-refractivity contribution in [2.75, 3.05) is 12.8 Å². The summed E-state index contributed by atoms with van der Waals surface area (Å²) in [6.45, 7) is 5.07. The number of hydrogen-bond donors (Lipinski definition) is 2. The minimum Gasteiger partial charge on any atom is -0.361 e. The minimum atomic E-state index is 0.00975. The van der Waals surface area contributed by atoms with Crippen molar-refractivity contribution in [3.63, 3.8) is 0 Å². The van der Waals surface area contributed by atoms with Gasteiger partial charge in [-0.1, -0.05) is 19.9 Å². The number of amides is 1. The molecular weight excluding hydrogens is 268 g/mol. The highest BCUT2D eigenvalue weighted by atomic mass is 32.2. The predicted molar refractivity (Wildman–Crippen MR) is 87.5 cm³/mol. The topological polar surface area (TPSA) is 44.9 Å². The summed E-state index contributed by atoms with van der Waals surface area (Å²) in [5.41, 5.74) is 1.74. The maximum absolute atomic E-state index is 12.4. The van der Waals surface area contributed by atoms with Crippen LogP contribution in [-0.2, 0) is 0 Å². The molecule has 1 amide bonds. The summed E-state index contributed by atoms with van der Waals surface area (Å²) in [4.78, 5) is 15.6. The molecule has 1 aromatic carbocycles. The van der Waals surface area contributed by atoms with Gasteiger partial charge in [-0.2, -0.15) is 11.8 Å². The van der Waals surface area contributed by atoms with Gasteiger partial charge in [0.1, 0.15) is 0 Å². The molecule has 0 bridgehead atoms. The number of benzene rings is 1. The second kappa shape index (κ2) is 6.35. The summed E-state index contributed by atoms with van der Waals surface area (Å²) in [6, 6.07) is 7.72. The second-order valence-electron chi connectivity index (χ2n) is 5.02. The number of thioether (sulfide) groups is 1. The number of nitrogens with one attached hydrogen (secondary N) is 2. The monoisotopic (exact) mass is 290 g/mol. The van der Waals surface area contributed by atoms with Crippen molar-refractivity contribution in [3.05, 3.63) is 36.0 Å². The Morgan fingerprint density at radius 2 is 2.05 bits per heavy atom. The highest BCUT2D eigenvalue weighted by Crippen LogP contribution is 2.29. The van der Waals surface area contributed by atoms with E-state index in [1.165, 1.54) is 0 Å². The quantitative estimate of drug-likeness (QED) is 0.849. The molecule has 0 unspecified atom stereocenters. The first-order chi connectivity index (χ1) is 9.65. The Kier molecular flexibility index (Phi) is 4.76. The molecule has 1 heterocycles. The van der Waals surface area contributed by atoms with Gasteiger partial charge < -0.3 is 10.3 Å². The highest BCUT2D eigenvalue weighted by Gasteiger charge is 2.25. The fraction of sp³-hybridized carbons (Fsp3) is 0.438. The number of H-pyrrole nitrogens is 1. The van der Waals surface area contributed by atoms with Crippen molar-refractivity contribution in [3.8, 4) is 0 Å². The molecule has 0 aliphatic rings. The molecule has 3 nitrogen and oxygen atoms in total. The maximum atomic E-state index is 12.4. The molecule has 108 valence electrons. The van der Waals surface area contributed by atoms with Crippen LogP contribution < -0.4 is 5.32 Å². The van der Waals surface area contributed by atoms with Crippen molar-refractivity contribution in [2.24, 2.45) is 0 Å². The Hall–Kier alpha value is -1.42. The normalized spacial score (nSPS) is 11.8. The lowest BCUT2D eigenvalue weighted by Gasteiger charge is -2.29. The molecule has 0 saturated carbocycles. The summed E-state index contributed by atoms with van der Waals surface area (Å²) in [5, 5.41) is 4.08. The fourth-order valence-corrected chi connectivity index (χ4v) is 3.27. The van der Waals surface area contributed by atoms with Crippen LogP contribution in [0, 0.1) is 0 Å². The number of fused-ring (bicyclic) bond motifs is 1. The number of hydrogen-bond acceptors (Lipinski definition) is 2. The van der Waals surface area contributed by atoms with Crippen molar-refractivity contribution in [1.29, 1.82) is 0 Å². The molecule has 1 aromatic heterocycles. The molecule has 2 rings (SSSR count). The first-order valence-electron chi connectivity index (χ1n) is 7.05. The Morgan fingerprint density at radius 1 is 1.30 bits per heavy atom. The van der Waals surface area contributed by atoms with E-state index in [-0.39, 0.29) is 10.7 Å². The summed E-state index contributed by atoms with van der Waals surface area (Å²) in [7, 11) is 0. The van der Waals surface area contributed by atoms with Gasteiger partial charge in [0.05, 0.1) is 0 Å². The molecule has 0 atom stereocenters. The zero-order valence-corrected chi connectivity index (χ0v) is 13.1. The van der Waals surface area contributed by atoms with Crippen molar-refractivity contribution >= 4 is 28.6 Å². The second-order valence-corrected chi connectivity index (χ2v) is 6.30. The minimum absolute atomic E-state index is 0.00975. The molecule has 0 radical (unpaired) electrons. The van der Waals surface area contributed by atoms with E-state index in [0.29, 0.717) is 6.54 Å². The standard InChI is InChI=1S/C16H22N2OS/c1-4-16(5-2,20-3)11-18-15(19)13-7-6-8-14-12(13)9-10-17-14/h6-10,17H,4-5,11H2,1-3H3,(H,18,19). The lowest BCUT2D eigenvalue weighted by molar-refractivity contribution is 0.0950. The number of rotatable bonds is 6. The van der Waals surface area contributed by atoms with Crippen molar-refractivity contribution in [1.82, 2.24) is 10.3 Å². The smallest absolute Gasteiger partial charge is 0.252 e. The van der Waals surface area contributed by atoms with Crippen LogP contribution >= 0.6 is 11.8 Å². The molecule has 2 N–H and O–H groups in total. The largest absolute Gasteiger partial charge is 0.361 e. The highest BCUT2D eigenvalue weighted by molar-refractivity contribution is 8.00. The van der Waals surface area contributed by atoms with Crippen LogP contribution in [0.15, 0.2) is 30.5 Å². The summed E-state index contributed by atoms with van der Waals surface area (Å²) >= 11 is 1.84.